The number of imidazole rings is 1. The van der Waals surface area contributed by atoms with Crippen LogP contribution >= 0.6 is 0 Å². The minimum absolute atomic E-state index is 0.0947. The summed E-state index contributed by atoms with van der Waals surface area (Å²) in [6.07, 6.45) is 9.03. The van der Waals surface area contributed by atoms with E-state index in [9.17, 15) is 9.59 Å². The number of aromatic amines is 1. The lowest BCUT2D eigenvalue weighted by molar-refractivity contribution is -0.175. The van der Waals surface area contributed by atoms with E-state index >= 15 is 0 Å². The monoisotopic (exact) mass is 546 g/mol. The molecule has 1 fully saturated rings. The number of methoxy groups -OCH3 is 1. The third-order valence-corrected chi connectivity index (χ3v) is 7.61. The molecular formula is C32H42N4O4. The molecule has 0 bridgehead atoms. The molecule has 0 unspecified atom stereocenters. The van der Waals surface area contributed by atoms with E-state index in [4.69, 9.17) is 9.47 Å². The molecule has 0 saturated carbocycles. The van der Waals surface area contributed by atoms with Crippen molar-refractivity contribution in [1.82, 2.24) is 20.2 Å². The van der Waals surface area contributed by atoms with Crippen LogP contribution in [0.2, 0.25) is 0 Å². The van der Waals surface area contributed by atoms with Crippen LogP contribution in [-0.2, 0) is 32.8 Å². The molecule has 3 aromatic rings. The van der Waals surface area contributed by atoms with Crippen LogP contribution in [0.1, 0.15) is 61.4 Å². The predicted octanol–water partition coefficient (Wildman–Crippen LogP) is 4.72. The molecule has 0 spiro atoms. The number of ether oxygens (including phenoxy) is 2. The van der Waals surface area contributed by atoms with Gasteiger partial charge in [0, 0.05) is 25.6 Å². The highest BCUT2D eigenvalue weighted by Gasteiger charge is 2.49. The van der Waals surface area contributed by atoms with Crippen molar-refractivity contribution in [2.75, 3.05) is 26.8 Å². The van der Waals surface area contributed by atoms with Crippen molar-refractivity contribution in [2.45, 2.75) is 70.4 Å². The summed E-state index contributed by atoms with van der Waals surface area (Å²) in [5.41, 5.74) is 3.52. The number of nitrogens with zero attached hydrogens (tertiary/aromatic N) is 2. The molecule has 1 aliphatic heterocycles. The van der Waals surface area contributed by atoms with E-state index in [-0.39, 0.29) is 18.2 Å². The first-order valence-corrected chi connectivity index (χ1v) is 14.3. The van der Waals surface area contributed by atoms with Crippen LogP contribution < -0.4 is 10.1 Å². The smallest absolute Gasteiger partial charge is 0.245 e. The Morgan fingerprint density at radius 1 is 1.10 bits per heavy atom. The Hall–Kier alpha value is -3.65. The molecule has 4 rings (SSSR count). The number of amides is 2. The highest BCUT2D eigenvalue weighted by molar-refractivity contribution is 5.88. The first-order valence-electron chi connectivity index (χ1n) is 14.3. The Kier molecular flexibility index (Phi) is 10.4. The van der Waals surface area contributed by atoms with Crippen LogP contribution in [-0.4, -0.2) is 59.5 Å². The number of likely N-dealkylation sites (tertiary alicyclic amines) is 1. The van der Waals surface area contributed by atoms with Crippen molar-refractivity contribution in [2.24, 2.45) is 0 Å². The van der Waals surface area contributed by atoms with E-state index in [1.807, 2.05) is 41.3 Å². The number of rotatable bonds is 15. The molecule has 8 heteroatoms. The van der Waals surface area contributed by atoms with E-state index in [0.717, 1.165) is 41.0 Å². The maximum atomic E-state index is 13.9. The largest absolute Gasteiger partial charge is 0.497 e. The lowest BCUT2D eigenvalue weighted by Crippen LogP contribution is -2.66. The minimum atomic E-state index is -0.681. The van der Waals surface area contributed by atoms with E-state index in [0.29, 0.717) is 32.5 Å². The summed E-state index contributed by atoms with van der Waals surface area (Å²) < 4.78 is 11.8. The molecule has 2 amide bonds. The van der Waals surface area contributed by atoms with Gasteiger partial charge in [0.25, 0.3) is 0 Å². The summed E-state index contributed by atoms with van der Waals surface area (Å²) >= 11 is 0. The summed E-state index contributed by atoms with van der Waals surface area (Å²) in [5.74, 6) is 0.479. The number of H-pyrrole nitrogens is 1. The number of unbranched alkanes of at least 4 members (excludes halogenated alkanes) is 3. The molecule has 1 saturated heterocycles. The highest BCUT2D eigenvalue weighted by atomic mass is 16.5. The van der Waals surface area contributed by atoms with Crippen molar-refractivity contribution in [1.29, 1.82) is 0 Å². The third kappa shape index (κ3) is 7.50. The van der Waals surface area contributed by atoms with Crippen molar-refractivity contribution in [3.05, 3.63) is 83.4 Å². The van der Waals surface area contributed by atoms with Crippen LogP contribution in [0, 0.1) is 6.92 Å². The van der Waals surface area contributed by atoms with Gasteiger partial charge in [-0.3, -0.25) is 9.59 Å². The molecule has 2 heterocycles. The molecule has 1 aliphatic rings. The highest BCUT2D eigenvalue weighted by Crippen LogP contribution is 2.38. The van der Waals surface area contributed by atoms with E-state index in [1.54, 1.807) is 19.6 Å². The van der Waals surface area contributed by atoms with Gasteiger partial charge in [-0.1, -0.05) is 62.6 Å². The number of aryl methyl sites for hydroxylation is 2. The Morgan fingerprint density at radius 2 is 1.88 bits per heavy atom. The molecular weight excluding hydrogens is 504 g/mol. The number of benzene rings is 2. The first-order chi connectivity index (χ1) is 19.4. The Morgan fingerprint density at radius 3 is 2.55 bits per heavy atom. The quantitative estimate of drug-likeness (QED) is 0.269. The Labute approximate surface area is 237 Å². The molecule has 2 N–H and O–H groups in total. The summed E-state index contributed by atoms with van der Waals surface area (Å²) in [5, 5.41) is 3.01. The zero-order valence-electron chi connectivity index (χ0n) is 23.9. The number of carbonyl (C=O) groups excluding carboxylic acids is 2. The molecule has 1 atom stereocenters. The molecule has 1 aromatic heterocycles. The Bertz CT molecular complexity index is 1220. The van der Waals surface area contributed by atoms with Gasteiger partial charge < -0.3 is 24.7 Å². The number of nitrogens with one attached hydrogen (secondary N) is 2. The van der Waals surface area contributed by atoms with Gasteiger partial charge in [-0.2, -0.15) is 0 Å². The summed E-state index contributed by atoms with van der Waals surface area (Å²) in [7, 11) is 1.62. The fraction of sp³-hybridized carbons (Fsp3) is 0.469. The molecule has 40 heavy (non-hydrogen) atoms. The van der Waals surface area contributed by atoms with Gasteiger partial charge in [-0.25, -0.2) is 4.98 Å². The van der Waals surface area contributed by atoms with Gasteiger partial charge in [-0.15, -0.1) is 0 Å². The van der Waals surface area contributed by atoms with Gasteiger partial charge in [0.1, 0.15) is 17.4 Å². The second-order valence-corrected chi connectivity index (χ2v) is 10.6. The summed E-state index contributed by atoms with van der Waals surface area (Å²) in [6, 6.07) is 15.2. The van der Waals surface area contributed by atoms with Gasteiger partial charge in [-0.05, 0) is 48.6 Å². The number of hydrogen-bond donors (Lipinski definition) is 2. The van der Waals surface area contributed by atoms with Gasteiger partial charge in [0.2, 0.25) is 11.8 Å². The van der Waals surface area contributed by atoms with Crippen molar-refractivity contribution < 1.29 is 19.1 Å². The fourth-order valence-electron chi connectivity index (χ4n) is 5.30. The average molecular weight is 547 g/mol. The molecule has 2 aromatic carbocycles. The normalized spacial score (nSPS) is 14.8. The van der Waals surface area contributed by atoms with Crippen LogP contribution in [0.3, 0.4) is 0 Å². The van der Waals surface area contributed by atoms with Crippen LogP contribution in [0.15, 0.2) is 61.1 Å². The zero-order valence-corrected chi connectivity index (χ0v) is 23.9. The number of carbonyl (C=O) groups is 2. The van der Waals surface area contributed by atoms with Gasteiger partial charge in [0.05, 0.1) is 32.2 Å². The molecule has 8 nitrogen and oxygen atoms in total. The molecule has 0 radical (unpaired) electrons. The van der Waals surface area contributed by atoms with Crippen molar-refractivity contribution >= 4 is 11.8 Å². The topological polar surface area (TPSA) is 96.5 Å². The van der Waals surface area contributed by atoms with Gasteiger partial charge in [0.15, 0.2) is 0 Å². The van der Waals surface area contributed by atoms with Crippen LogP contribution in [0.4, 0.5) is 0 Å². The lowest BCUT2D eigenvalue weighted by atomic mass is 9.82. The number of hydrogen-bond acceptors (Lipinski definition) is 5. The van der Waals surface area contributed by atoms with Crippen molar-refractivity contribution in [3.63, 3.8) is 0 Å². The second kappa shape index (κ2) is 14.1. The lowest BCUT2D eigenvalue weighted by Gasteiger charge is -2.51. The summed E-state index contributed by atoms with van der Waals surface area (Å²) in [6.45, 7) is 5.88. The SMILES string of the molecule is CCCCCCOC1(c2ccccc2C)CN(C(=O)[C@@H](Cc2ccc(OC)cc2)NC(=O)CCc2c[nH]cn2)C1. The molecule has 0 aliphatic carbocycles. The second-order valence-electron chi connectivity index (χ2n) is 10.6. The van der Waals surface area contributed by atoms with Crippen LogP contribution in [0.5, 0.6) is 5.75 Å². The predicted molar refractivity (Wildman–Crippen MR) is 155 cm³/mol. The zero-order chi connectivity index (χ0) is 28.4. The first kappa shape index (κ1) is 29.3. The standard InChI is InChI=1S/C32H42N4O4/c1-4-5-6-9-18-40-32(28-11-8-7-10-24(28)2)21-36(22-32)31(38)29(19-25-12-15-27(39-3)16-13-25)35-30(37)17-14-26-20-33-23-34-26/h7-8,10-13,15-16,20,23,29H,4-6,9,14,17-19,21-22H2,1-3H3,(H,33,34)(H,35,37)/t29-/m1/s1. The van der Waals surface area contributed by atoms with E-state index in [2.05, 4.69) is 41.3 Å². The molecule has 214 valence electrons. The Balaban J connectivity index is 1.46. The summed E-state index contributed by atoms with van der Waals surface area (Å²) in [4.78, 5) is 35.7. The van der Waals surface area contributed by atoms with E-state index < -0.39 is 11.6 Å². The van der Waals surface area contributed by atoms with Crippen molar-refractivity contribution in [3.8, 4) is 5.75 Å². The van der Waals surface area contributed by atoms with E-state index in [1.165, 1.54) is 12.8 Å². The van der Waals surface area contributed by atoms with Gasteiger partial charge >= 0.3 is 0 Å². The average Bonchev–Trinajstić information content (AvgIpc) is 3.47. The minimum Gasteiger partial charge on any atom is -0.497 e. The fourth-order valence-corrected chi connectivity index (χ4v) is 5.30. The number of aromatic nitrogens is 2. The third-order valence-electron chi connectivity index (χ3n) is 7.61. The maximum Gasteiger partial charge on any atom is 0.245 e. The van der Waals surface area contributed by atoms with Crippen LogP contribution in [0.25, 0.3) is 0 Å². The maximum absolute atomic E-state index is 13.9.